The molecule has 1 aliphatic rings. The molecule has 0 radical (unpaired) electrons. The zero-order valence-electron chi connectivity index (χ0n) is 19.5. The van der Waals surface area contributed by atoms with E-state index in [2.05, 4.69) is 18.7 Å². The van der Waals surface area contributed by atoms with Crippen molar-refractivity contribution in [2.75, 3.05) is 51.3 Å². The summed E-state index contributed by atoms with van der Waals surface area (Å²) in [7, 11) is 1.59. The fourth-order valence-corrected chi connectivity index (χ4v) is 4.22. The molecule has 2 aromatic rings. The molecule has 0 bridgehead atoms. The average molecular weight is 438 g/mol. The van der Waals surface area contributed by atoms with Crippen LogP contribution in [0.4, 0.5) is 5.69 Å². The molecule has 0 saturated carbocycles. The van der Waals surface area contributed by atoms with Crippen LogP contribution in [-0.2, 0) is 4.79 Å². The lowest BCUT2D eigenvalue weighted by atomic mass is 9.96. The largest absolute Gasteiger partial charge is 0.497 e. The summed E-state index contributed by atoms with van der Waals surface area (Å²) in [5, 5.41) is 0. The van der Waals surface area contributed by atoms with Crippen molar-refractivity contribution in [1.29, 1.82) is 0 Å². The Balaban J connectivity index is 1.67. The van der Waals surface area contributed by atoms with Gasteiger partial charge in [0.15, 0.2) is 0 Å². The Morgan fingerprint density at radius 2 is 1.59 bits per heavy atom. The molecule has 6 heteroatoms. The molecule has 0 N–H and O–H groups in total. The average Bonchev–Trinajstić information content (AvgIpc) is 2.86. The van der Waals surface area contributed by atoms with E-state index in [9.17, 15) is 9.59 Å². The van der Waals surface area contributed by atoms with Gasteiger partial charge in [0.25, 0.3) is 5.91 Å². The second-order valence-electron chi connectivity index (χ2n) is 8.27. The lowest BCUT2D eigenvalue weighted by Gasteiger charge is -2.35. The van der Waals surface area contributed by atoms with Crippen molar-refractivity contribution in [2.24, 2.45) is 5.92 Å². The first-order chi connectivity index (χ1) is 15.5. The highest BCUT2D eigenvalue weighted by atomic mass is 16.5. The van der Waals surface area contributed by atoms with Gasteiger partial charge in [-0.2, -0.15) is 0 Å². The van der Waals surface area contributed by atoms with Crippen LogP contribution in [0.25, 0.3) is 0 Å². The van der Waals surface area contributed by atoms with Crippen LogP contribution < -0.4 is 9.64 Å². The Hall–Kier alpha value is -2.86. The predicted octanol–water partition coefficient (Wildman–Crippen LogP) is 3.92. The minimum absolute atomic E-state index is 0.00277. The van der Waals surface area contributed by atoms with Crippen LogP contribution >= 0.6 is 0 Å². The van der Waals surface area contributed by atoms with Crippen molar-refractivity contribution in [3.8, 4) is 5.75 Å². The van der Waals surface area contributed by atoms with Gasteiger partial charge in [-0.1, -0.05) is 32.0 Å². The summed E-state index contributed by atoms with van der Waals surface area (Å²) in [5.74, 6) is 1.13. The van der Waals surface area contributed by atoms with Gasteiger partial charge >= 0.3 is 0 Å². The Labute approximate surface area is 191 Å². The number of likely N-dealkylation sites (tertiary alicyclic amines) is 1. The fourth-order valence-electron chi connectivity index (χ4n) is 4.22. The van der Waals surface area contributed by atoms with Crippen LogP contribution in [0.3, 0.4) is 0 Å². The number of carbonyl (C=O) groups excluding carboxylic acids is 2. The Kier molecular flexibility index (Phi) is 8.68. The van der Waals surface area contributed by atoms with Crippen LogP contribution in [0, 0.1) is 5.92 Å². The molecule has 0 aromatic heterocycles. The Morgan fingerprint density at radius 3 is 2.16 bits per heavy atom. The highest BCUT2D eigenvalue weighted by Gasteiger charge is 2.27. The first-order valence-corrected chi connectivity index (χ1v) is 11.6. The summed E-state index contributed by atoms with van der Waals surface area (Å²) in [6, 6.07) is 16.4. The minimum atomic E-state index is -0.191. The van der Waals surface area contributed by atoms with Crippen molar-refractivity contribution in [3.05, 3.63) is 60.2 Å². The van der Waals surface area contributed by atoms with Gasteiger partial charge in [-0.25, -0.2) is 0 Å². The van der Waals surface area contributed by atoms with Gasteiger partial charge in [-0.05, 0) is 68.2 Å². The van der Waals surface area contributed by atoms with E-state index in [0.29, 0.717) is 17.2 Å². The lowest BCUT2D eigenvalue weighted by molar-refractivity contribution is -0.131. The molecule has 6 nitrogen and oxygen atoms in total. The summed E-state index contributed by atoms with van der Waals surface area (Å²) in [4.78, 5) is 32.4. The normalized spacial score (nSPS) is 14.4. The van der Waals surface area contributed by atoms with E-state index in [1.807, 2.05) is 35.2 Å². The second kappa shape index (κ2) is 11.7. The number of anilines is 1. The second-order valence-corrected chi connectivity index (χ2v) is 8.27. The molecule has 3 rings (SSSR count). The van der Waals surface area contributed by atoms with Gasteiger partial charge in [0, 0.05) is 30.9 Å². The molecule has 1 aliphatic heterocycles. The number of carbonyl (C=O) groups is 2. The van der Waals surface area contributed by atoms with Gasteiger partial charge in [-0.15, -0.1) is 0 Å². The maximum Gasteiger partial charge on any atom is 0.258 e. The smallest absolute Gasteiger partial charge is 0.258 e. The summed E-state index contributed by atoms with van der Waals surface area (Å²) in [6.45, 7) is 9.16. The standard InChI is InChI=1S/C26H35N3O3/c1-4-27(5-2)19-21-15-17-28(18-16-21)25(30)20-29(23-9-7-6-8-10-23)26(31)22-11-13-24(32-3)14-12-22/h6-14,21H,4-5,15-20H2,1-3H3. The molecular formula is C26H35N3O3. The van der Waals surface area contributed by atoms with Crippen LogP contribution in [-0.4, -0.2) is 68.0 Å². The third-order valence-corrected chi connectivity index (χ3v) is 6.32. The zero-order chi connectivity index (χ0) is 22.9. The highest BCUT2D eigenvalue weighted by Crippen LogP contribution is 2.22. The molecule has 172 valence electrons. The van der Waals surface area contributed by atoms with Gasteiger partial charge < -0.3 is 14.5 Å². The van der Waals surface area contributed by atoms with E-state index >= 15 is 0 Å². The highest BCUT2D eigenvalue weighted by molar-refractivity contribution is 6.08. The van der Waals surface area contributed by atoms with Gasteiger partial charge in [-0.3, -0.25) is 14.5 Å². The summed E-state index contributed by atoms with van der Waals surface area (Å²) in [5.41, 5.74) is 1.25. The number of methoxy groups -OCH3 is 1. The molecule has 0 spiro atoms. The molecule has 2 aromatic carbocycles. The van der Waals surface area contributed by atoms with E-state index in [1.54, 1.807) is 36.3 Å². The number of piperidine rings is 1. The number of para-hydroxylation sites is 1. The molecule has 1 heterocycles. The number of rotatable bonds is 9. The van der Waals surface area contributed by atoms with Crippen molar-refractivity contribution in [3.63, 3.8) is 0 Å². The van der Waals surface area contributed by atoms with Crippen LogP contribution in [0.1, 0.15) is 37.0 Å². The van der Waals surface area contributed by atoms with Gasteiger partial charge in [0.05, 0.1) is 7.11 Å². The third kappa shape index (κ3) is 6.10. The van der Waals surface area contributed by atoms with Crippen LogP contribution in [0.5, 0.6) is 5.75 Å². The fraction of sp³-hybridized carbons (Fsp3) is 0.462. The van der Waals surface area contributed by atoms with Crippen LogP contribution in [0.15, 0.2) is 54.6 Å². The number of hydrogen-bond acceptors (Lipinski definition) is 4. The first-order valence-electron chi connectivity index (χ1n) is 11.6. The summed E-state index contributed by atoms with van der Waals surface area (Å²) in [6.07, 6.45) is 2.03. The van der Waals surface area contributed by atoms with E-state index in [4.69, 9.17) is 4.74 Å². The maximum atomic E-state index is 13.3. The summed E-state index contributed by atoms with van der Waals surface area (Å²) >= 11 is 0. The van der Waals surface area contributed by atoms with Crippen LogP contribution in [0.2, 0.25) is 0 Å². The van der Waals surface area contributed by atoms with Crippen molar-refractivity contribution >= 4 is 17.5 Å². The topological polar surface area (TPSA) is 53.1 Å². The third-order valence-electron chi connectivity index (χ3n) is 6.32. The first kappa shape index (κ1) is 23.8. The molecule has 1 fully saturated rings. The quantitative estimate of drug-likeness (QED) is 0.597. The zero-order valence-corrected chi connectivity index (χ0v) is 19.5. The Bertz CT molecular complexity index is 858. The predicted molar refractivity (Wildman–Crippen MR) is 128 cm³/mol. The molecule has 32 heavy (non-hydrogen) atoms. The number of ether oxygens (including phenoxy) is 1. The van der Waals surface area contributed by atoms with Crippen molar-refractivity contribution < 1.29 is 14.3 Å². The molecule has 1 saturated heterocycles. The summed E-state index contributed by atoms with van der Waals surface area (Å²) < 4.78 is 5.20. The van der Waals surface area contributed by atoms with Gasteiger partial charge in [0.1, 0.15) is 12.3 Å². The van der Waals surface area contributed by atoms with E-state index < -0.39 is 0 Å². The number of hydrogen-bond donors (Lipinski definition) is 0. The molecule has 0 aliphatic carbocycles. The Morgan fingerprint density at radius 1 is 0.969 bits per heavy atom. The maximum absolute atomic E-state index is 13.3. The molecular weight excluding hydrogens is 402 g/mol. The minimum Gasteiger partial charge on any atom is -0.497 e. The SMILES string of the molecule is CCN(CC)CC1CCN(C(=O)CN(C(=O)c2ccc(OC)cc2)c2ccccc2)CC1. The van der Waals surface area contributed by atoms with Crippen molar-refractivity contribution in [2.45, 2.75) is 26.7 Å². The monoisotopic (exact) mass is 437 g/mol. The van der Waals surface area contributed by atoms with E-state index in [0.717, 1.165) is 51.3 Å². The molecule has 0 unspecified atom stereocenters. The number of benzene rings is 2. The lowest BCUT2D eigenvalue weighted by Crippen LogP contribution is -2.47. The van der Waals surface area contributed by atoms with Crippen molar-refractivity contribution in [1.82, 2.24) is 9.80 Å². The van der Waals surface area contributed by atoms with Gasteiger partial charge in [0.2, 0.25) is 5.91 Å². The van der Waals surface area contributed by atoms with E-state index in [-0.39, 0.29) is 18.4 Å². The van der Waals surface area contributed by atoms with E-state index in [1.165, 1.54) is 0 Å². The molecule has 2 amide bonds. The number of amides is 2. The molecule has 0 atom stereocenters. The number of nitrogens with zero attached hydrogens (tertiary/aromatic N) is 3.